The second-order valence-corrected chi connectivity index (χ2v) is 5.99. The molecule has 1 aliphatic heterocycles. The van der Waals surface area contributed by atoms with Gasteiger partial charge < -0.3 is 14.7 Å². The molecule has 2 amide bonds. The maximum atomic E-state index is 13.5. The van der Waals surface area contributed by atoms with E-state index in [1.54, 1.807) is 17.9 Å². The maximum Gasteiger partial charge on any atom is 0.254 e. The molecule has 25 heavy (non-hydrogen) atoms. The van der Waals surface area contributed by atoms with Crippen LogP contribution in [0.5, 0.6) is 0 Å². The number of carbonyl (C=O) groups is 2. The highest BCUT2D eigenvalue weighted by molar-refractivity contribution is 5.94. The number of benzene rings is 1. The van der Waals surface area contributed by atoms with Gasteiger partial charge in [0.1, 0.15) is 5.82 Å². The van der Waals surface area contributed by atoms with Crippen LogP contribution in [0.4, 0.5) is 4.39 Å². The Morgan fingerprint density at radius 3 is 2.92 bits per heavy atom. The second kappa shape index (κ2) is 7.42. The van der Waals surface area contributed by atoms with Gasteiger partial charge in [-0.15, -0.1) is 0 Å². The van der Waals surface area contributed by atoms with Crippen LogP contribution in [0, 0.1) is 12.7 Å². The van der Waals surface area contributed by atoms with Crippen molar-refractivity contribution in [1.29, 1.82) is 0 Å². The van der Waals surface area contributed by atoms with Crippen LogP contribution in [0.3, 0.4) is 0 Å². The molecule has 0 radical (unpaired) electrons. The van der Waals surface area contributed by atoms with E-state index < -0.39 is 11.7 Å². The van der Waals surface area contributed by atoms with Crippen molar-refractivity contribution in [1.82, 2.24) is 20.4 Å². The molecular formula is C17H19FN4O3. The summed E-state index contributed by atoms with van der Waals surface area (Å²) in [5.41, 5.74) is -0.0250. The predicted octanol–water partition coefficient (Wildman–Crippen LogP) is 1.65. The minimum Gasteiger partial charge on any atom is -0.351 e. The normalized spacial score (nSPS) is 16.9. The third-order valence-electron chi connectivity index (χ3n) is 4.18. The van der Waals surface area contributed by atoms with Gasteiger partial charge in [-0.2, -0.15) is 4.98 Å². The summed E-state index contributed by atoms with van der Waals surface area (Å²) in [5.74, 6) is 0.0251. The fraction of sp³-hybridized carbons (Fsp3) is 0.412. The van der Waals surface area contributed by atoms with Crippen molar-refractivity contribution < 1.29 is 18.5 Å². The molecule has 0 saturated carbocycles. The monoisotopic (exact) mass is 346 g/mol. The Kier molecular flexibility index (Phi) is 5.06. The lowest BCUT2D eigenvalue weighted by molar-refractivity contribution is -0.130. The van der Waals surface area contributed by atoms with Gasteiger partial charge in [0.05, 0.1) is 11.5 Å². The lowest BCUT2D eigenvalue weighted by Crippen LogP contribution is -2.33. The van der Waals surface area contributed by atoms with E-state index in [1.807, 2.05) is 0 Å². The van der Waals surface area contributed by atoms with Crippen molar-refractivity contribution in [2.75, 3.05) is 19.6 Å². The van der Waals surface area contributed by atoms with Gasteiger partial charge in [0, 0.05) is 26.1 Å². The van der Waals surface area contributed by atoms with Gasteiger partial charge in [-0.3, -0.25) is 9.59 Å². The Morgan fingerprint density at radius 2 is 2.20 bits per heavy atom. The zero-order valence-electron chi connectivity index (χ0n) is 13.9. The van der Waals surface area contributed by atoms with E-state index in [4.69, 9.17) is 4.52 Å². The van der Waals surface area contributed by atoms with Crippen LogP contribution in [0.25, 0.3) is 0 Å². The number of carbonyl (C=O) groups excluding carboxylic acids is 2. The molecule has 132 valence electrons. The maximum absolute atomic E-state index is 13.5. The summed E-state index contributed by atoms with van der Waals surface area (Å²) >= 11 is 0. The number of likely N-dealkylation sites (tertiary alicyclic amines) is 1. The molecule has 1 fully saturated rings. The molecular weight excluding hydrogens is 327 g/mol. The first-order valence-corrected chi connectivity index (χ1v) is 8.15. The minimum atomic E-state index is -0.580. The Bertz CT molecular complexity index is 777. The molecule has 1 aromatic carbocycles. The van der Waals surface area contributed by atoms with Gasteiger partial charge in [0.25, 0.3) is 5.91 Å². The van der Waals surface area contributed by atoms with Crippen LogP contribution in [0.1, 0.15) is 40.8 Å². The summed E-state index contributed by atoms with van der Waals surface area (Å²) in [7, 11) is 0. The molecule has 1 atom stereocenters. The van der Waals surface area contributed by atoms with Crippen molar-refractivity contribution in [3.8, 4) is 0 Å². The van der Waals surface area contributed by atoms with Crippen LogP contribution >= 0.6 is 0 Å². The average Bonchev–Trinajstić information content (AvgIpc) is 3.24. The van der Waals surface area contributed by atoms with E-state index in [2.05, 4.69) is 15.5 Å². The van der Waals surface area contributed by atoms with E-state index in [0.717, 1.165) is 6.42 Å². The molecule has 2 heterocycles. The summed E-state index contributed by atoms with van der Waals surface area (Å²) in [5, 5.41) is 6.34. The van der Waals surface area contributed by atoms with Gasteiger partial charge in [0.15, 0.2) is 5.82 Å². The standard InChI is InChI=1S/C17H19FN4O3/c1-11-20-17(25-21-11)12-7-9-22(10-12)15(23)6-8-19-16(24)13-4-2-3-5-14(13)18/h2-5,12H,6-10H2,1H3,(H,19,24)/t12-/m0/s1. The molecule has 1 N–H and O–H groups in total. The fourth-order valence-corrected chi connectivity index (χ4v) is 2.85. The number of aromatic nitrogens is 2. The Balaban J connectivity index is 1.45. The number of rotatable bonds is 5. The molecule has 0 spiro atoms. The third kappa shape index (κ3) is 4.01. The Hall–Kier alpha value is -2.77. The first kappa shape index (κ1) is 17.1. The lowest BCUT2D eigenvalue weighted by atomic mass is 10.1. The number of hydrogen-bond acceptors (Lipinski definition) is 5. The molecule has 1 aliphatic rings. The first-order chi connectivity index (χ1) is 12.0. The average molecular weight is 346 g/mol. The van der Waals surface area contributed by atoms with Gasteiger partial charge in [-0.05, 0) is 25.5 Å². The highest BCUT2D eigenvalue weighted by Crippen LogP contribution is 2.26. The third-order valence-corrected chi connectivity index (χ3v) is 4.18. The van der Waals surface area contributed by atoms with E-state index in [1.165, 1.54) is 18.2 Å². The summed E-state index contributed by atoms with van der Waals surface area (Å²) in [6.45, 7) is 3.06. The van der Waals surface area contributed by atoms with E-state index in [9.17, 15) is 14.0 Å². The molecule has 1 aromatic heterocycles. The van der Waals surface area contributed by atoms with Crippen molar-refractivity contribution in [3.63, 3.8) is 0 Å². The molecule has 0 aliphatic carbocycles. The predicted molar refractivity (Wildman–Crippen MR) is 86.3 cm³/mol. The number of halogens is 1. The molecule has 0 unspecified atom stereocenters. The Labute approximate surface area is 144 Å². The molecule has 7 nitrogen and oxygen atoms in total. The second-order valence-electron chi connectivity index (χ2n) is 5.99. The lowest BCUT2D eigenvalue weighted by Gasteiger charge is -2.16. The van der Waals surface area contributed by atoms with Crippen LogP contribution < -0.4 is 5.32 Å². The van der Waals surface area contributed by atoms with E-state index in [-0.39, 0.29) is 30.4 Å². The zero-order valence-corrected chi connectivity index (χ0v) is 13.9. The van der Waals surface area contributed by atoms with Crippen LogP contribution in [0.2, 0.25) is 0 Å². The smallest absolute Gasteiger partial charge is 0.254 e. The SMILES string of the molecule is Cc1noc([C@H]2CCN(C(=O)CCNC(=O)c3ccccc3F)C2)n1. The summed E-state index contributed by atoms with van der Waals surface area (Å²) in [6, 6.07) is 5.74. The quantitative estimate of drug-likeness (QED) is 0.889. The van der Waals surface area contributed by atoms with Gasteiger partial charge in [-0.1, -0.05) is 17.3 Å². The molecule has 1 saturated heterocycles. The van der Waals surface area contributed by atoms with E-state index in [0.29, 0.717) is 24.8 Å². The fourth-order valence-electron chi connectivity index (χ4n) is 2.85. The van der Waals surface area contributed by atoms with Crippen molar-refractivity contribution in [2.45, 2.75) is 25.7 Å². The summed E-state index contributed by atoms with van der Waals surface area (Å²) in [6.07, 6.45) is 0.935. The molecule has 3 rings (SSSR count). The number of hydrogen-bond donors (Lipinski definition) is 1. The van der Waals surface area contributed by atoms with Gasteiger partial charge in [-0.25, -0.2) is 4.39 Å². The van der Waals surface area contributed by atoms with Crippen molar-refractivity contribution in [2.24, 2.45) is 0 Å². The van der Waals surface area contributed by atoms with Gasteiger partial charge >= 0.3 is 0 Å². The highest BCUT2D eigenvalue weighted by Gasteiger charge is 2.30. The number of nitrogens with one attached hydrogen (secondary N) is 1. The topological polar surface area (TPSA) is 88.3 Å². The van der Waals surface area contributed by atoms with E-state index >= 15 is 0 Å². The Morgan fingerprint density at radius 1 is 1.40 bits per heavy atom. The van der Waals surface area contributed by atoms with Crippen LogP contribution in [-0.4, -0.2) is 46.5 Å². The van der Waals surface area contributed by atoms with Crippen LogP contribution in [0.15, 0.2) is 28.8 Å². The van der Waals surface area contributed by atoms with Gasteiger partial charge in [0.2, 0.25) is 11.8 Å². The first-order valence-electron chi connectivity index (χ1n) is 8.15. The van der Waals surface area contributed by atoms with Crippen LogP contribution in [-0.2, 0) is 4.79 Å². The summed E-state index contributed by atoms with van der Waals surface area (Å²) < 4.78 is 18.7. The minimum absolute atomic E-state index is 0.0250. The molecule has 2 aromatic rings. The number of nitrogens with zero attached hydrogens (tertiary/aromatic N) is 3. The van der Waals surface area contributed by atoms with Crippen molar-refractivity contribution >= 4 is 11.8 Å². The highest BCUT2D eigenvalue weighted by atomic mass is 19.1. The summed E-state index contributed by atoms with van der Waals surface area (Å²) in [4.78, 5) is 30.1. The number of amides is 2. The van der Waals surface area contributed by atoms with Crippen molar-refractivity contribution in [3.05, 3.63) is 47.4 Å². The number of aryl methyl sites for hydroxylation is 1. The largest absolute Gasteiger partial charge is 0.351 e. The zero-order chi connectivity index (χ0) is 17.8. The molecule has 8 heteroatoms. The molecule has 0 bridgehead atoms.